The minimum Gasteiger partial charge on any atom is -0.486 e. The molecular formula is C20H26N2O5. The third-order valence-corrected chi connectivity index (χ3v) is 5.84. The van der Waals surface area contributed by atoms with Crippen molar-refractivity contribution in [3.8, 4) is 11.5 Å². The lowest BCUT2D eigenvalue weighted by atomic mass is 9.85. The standard InChI is InChI=1S/C20H26N2O5/c1-2-22(11-19(23)24)14-8-13(9-14)21-20(25)16-10-15(16)12-3-4-17-18(7-12)27-6-5-26-17/h3-4,7,13-16H,2,5-6,8-11H2,1H3,(H,21,25)(H,23,24). The number of rotatable bonds is 7. The first-order valence-electron chi connectivity index (χ1n) is 9.71. The lowest BCUT2D eigenvalue weighted by Gasteiger charge is -2.42. The third-order valence-electron chi connectivity index (χ3n) is 5.84. The molecule has 7 nitrogen and oxygen atoms in total. The van der Waals surface area contributed by atoms with Crippen LogP contribution in [0.15, 0.2) is 18.2 Å². The van der Waals surface area contributed by atoms with Crippen LogP contribution in [0.25, 0.3) is 0 Å². The SMILES string of the molecule is CCN(CC(=O)O)C1CC(NC(=O)C2CC2c2ccc3c(c2)OCCO3)C1. The maximum absolute atomic E-state index is 12.5. The van der Waals surface area contributed by atoms with Gasteiger partial charge >= 0.3 is 5.97 Å². The second-order valence-electron chi connectivity index (χ2n) is 7.64. The summed E-state index contributed by atoms with van der Waals surface area (Å²) in [6, 6.07) is 6.36. The minimum atomic E-state index is -0.801. The monoisotopic (exact) mass is 374 g/mol. The van der Waals surface area contributed by atoms with Crippen LogP contribution in [0.1, 0.15) is 37.7 Å². The molecule has 2 unspecified atom stereocenters. The average molecular weight is 374 g/mol. The number of carboxylic acid groups (broad SMARTS) is 1. The number of aliphatic carboxylic acids is 1. The first-order chi connectivity index (χ1) is 13.0. The lowest BCUT2D eigenvalue weighted by Crippen LogP contribution is -2.55. The van der Waals surface area contributed by atoms with Crippen molar-refractivity contribution in [2.75, 3.05) is 26.3 Å². The second kappa shape index (κ2) is 7.38. The maximum atomic E-state index is 12.5. The van der Waals surface area contributed by atoms with Crippen LogP contribution in [-0.4, -0.2) is 60.3 Å². The fourth-order valence-corrected chi connectivity index (χ4v) is 4.13. The zero-order valence-electron chi connectivity index (χ0n) is 15.5. The summed E-state index contributed by atoms with van der Waals surface area (Å²) in [5, 5.41) is 12.1. The molecule has 146 valence electrons. The summed E-state index contributed by atoms with van der Waals surface area (Å²) in [5.74, 6) is 1.12. The van der Waals surface area contributed by atoms with Gasteiger partial charge in [0, 0.05) is 18.0 Å². The van der Waals surface area contributed by atoms with Gasteiger partial charge in [-0.25, -0.2) is 0 Å². The van der Waals surface area contributed by atoms with E-state index < -0.39 is 5.97 Å². The molecular weight excluding hydrogens is 348 g/mol. The van der Waals surface area contributed by atoms with Gasteiger partial charge in [0.05, 0.1) is 6.54 Å². The summed E-state index contributed by atoms with van der Waals surface area (Å²) >= 11 is 0. The highest BCUT2D eigenvalue weighted by Crippen LogP contribution is 2.49. The number of fused-ring (bicyclic) bond motifs is 1. The molecule has 0 bridgehead atoms. The molecule has 1 heterocycles. The molecule has 2 aliphatic carbocycles. The molecule has 7 heteroatoms. The van der Waals surface area contributed by atoms with Crippen LogP contribution in [0.4, 0.5) is 0 Å². The molecule has 0 saturated heterocycles. The van der Waals surface area contributed by atoms with Gasteiger partial charge in [-0.05, 0) is 49.4 Å². The summed E-state index contributed by atoms with van der Waals surface area (Å²) in [5.41, 5.74) is 1.13. The maximum Gasteiger partial charge on any atom is 0.317 e. The number of hydrogen-bond acceptors (Lipinski definition) is 5. The number of carboxylic acids is 1. The summed E-state index contributed by atoms with van der Waals surface area (Å²) in [6.07, 6.45) is 2.52. The van der Waals surface area contributed by atoms with Crippen molar-refractivity contribution in [2.45, 2.75) is 44.2 Å². The largest absolute Gasteiger partial charge is 0.486 e. The predicted molar refractivity (Wildman–Crippen MR) is 98.1 cm³/mol. The van der Waals surface area contributed by atoms with E-state index in [-0.39, 0.29) is 36.4 Å². The number of carbonyl (C=O) groups is 2. The van der Waals surface area contributed by atoms with E-state index in [9.17, 15) is 9.59 Å². The van der Waals surface area contributed by atoms with Crippen molar-refractivity contribution in [3.63, 3.8) is 0 Å². The Hall–Kier alpha value is -2.28. The molecule has 1 aromatic carbocycles. The Kier molecular flexibility index (Phi) is 4.95. The van der Waals surface area contributed by atoms with E-state index in [1.165, 1.54) is 0 Å². The van der Waals surface area contributed by atoms with Gasteiger partial charge in [0.2, 0.25) is 5.91 Å². The van der Waals surface area contributed by atoms with Crippen LogP contribution in [0.2, 0.25) is 0 Å². The van der Waals surface area contributed by atoms with Crippen LogP contribution in [0.3, 0.4) is 0 Å². The highest BCUT2D eigenvalue weighted by atomic mass is 16.6. The normalized spacial score (nSPS) is 28.4. The molecule has 2 N–H and O–H groups in total. The molecule has 3 aliphatic rings. The van der Waals surface area contributed by atoms with Crippen LogP contribution < -0.4 is 14.8 Å². The van der Waals surface area contributed by atoms with E-state index in [1.807, 2.05) is 30.0 Å². The quantitative estimate of drug-likeness (QED) is 0.754. The number of carbonyl (C=O) groups excluding carboxylic acids is 1. The zero-order valence-corrected chi connectivity index (χ0v) is 15.5. The fraction of sp³-hybridized carbons (Fsp3) is 0.600. The van der Waals surface area contributed by atoms with E-state index in [0.29, 0.717) is 19.8 Å². The van der Waals surface area contributed by atoms with Crippen LogP contribution in [0, 0.1) is 5.92 Å². The Morgan fingerprint density at radius 3 is 2.63 bits per heavy atom. The molecule has 0 aromatic heterocycles. The van der Waals surface area contributed by atoms with Gasteiger partial charge in [-0.1, -0.05) is 13.0 Å². The number of nitrogens with one attached hydrogen (secondary N) is 1. The summed E-state index contributed by atoms with van der Waals surface area (Å²) in [7, 11) is 0. The van der Waals surface area contributed by atoms with E-state index in [2.05, 4.69) is 5.32 Å². The Labute approximate surface area is 158 Å². The lowest BCUT2D eigenvalue weighted by molar-refractivity contribution is -0.139. The van der Waals surface area contributed by atoms with E-state index in [1.54, 1.807) is 0 Å². The molecule has 0 spiro atoms. The van der Waals surface area contributed by atoms with Crippen molar-refractivity contribution < 1.29 is 24.2 Å². The van der Waals surface area contributed by atoms with E-state index in [4.69, 9.17) is 14.6 Å². The first-order valence-corrected chi connectivity index (χ1v) is 9.71. The molecule has 2 saturated carbocycles. The summed E-state index contributed by atoms with van der Waals surface area (Å²) < 4.78 is 11.2. The topological polar surface area (TPSA) is 88.1 Å². The molecule has 2 atom stereocenters. The van der Waals surface area contributed by atoms with Gasteiger partial charge in [0.15, 0.2) is 11.5 Å². The van der Waals surface area contributed by atoms with Crippen LogP contribution >= 0.6 is 0 Å². The Morgan fingerprint density at radius 2 is 1.93 bits per heavy atom. The molecule has 1 amide bonds. The molecule has 1 aliphatic heterocycles. The minimum absolute atomic E-state index is 0.0212. The number of benzene rings is 1. The van der Waals surface area contributed by atoms with Gasteiger partial charge < -0.3 is 19.9 Å². The van der Waals surface area contributed by atoms with Gasteiger partial charge in [-0.3, -0.25) is 14.5 Å². The molecule has 1 aromatic rings. The van der Waals surface area contributed by atoms with Gasteiger partial charge in [0.1, 0.15) is 13.2 Å². The molecule has 0 radical (unpaired) electrons. The molecule has 4 rings (SSSR count). The number of ether oxygens (including phenoxy) is 2. The van der Waals surface area contributed by atoms with Gasteiger partial charge in [-0.2, -0.15) is 0 Å². The number of amides is 1. The average Bonchev–Trinajstić information content (AvgIpc) is 3.43. The zero-order chi connectivity index (χ0) is 19.0. The van der Waals surface area contributed by atoms with Crippen molar-refractivity contribution in [3.05, 3.63) is 23.8 Å². The number of nitrogens with zero attached hydrogens (tertiary/aromatic N) is 1. The smallest absolute Gasteiger partial charge is 0.317 e. The third kappa shape index (κ3) is 3.88. The van der Waals surface area contributed by atoms with Crippen LogP contribution in [0.5, 0.6) is 11.5 Å². The molecule has 2 fully saturated rings. The highest BCUT2D eigenvalue weighted by molar-refractivity contribution is 5.83. The van der Waals surface area contributed by atoms with Gasteiger partial charge in [-0.15, -0.1) is 0 Å². The number of likely N-dealkylation sites (N-methyl/N-ethyl adjacent to an activating group) is 1. The Bertz CT molecular complexity index is 731. The summed E-state index contributed by atoms with van der Waals surface area (Å²) in [6.45, 7) is 3.88. The Morgan fingerprint density at radius 1 is 1.19 bits per heavy atom. The first kappa shape index (κ1) is 18.1. The second-order valence-corrected chi connectivity index (χ2v) is 7.64. The Balaban J connectivity index is 1.26. The predicted octanol–water partition coefficient (Wildman–Crippen LogP) is 1.62. The van der Waals surface area contributed by atoms with E-state index >= 15 is 0 Å². The van der Waals surface area contributed by atoms with Crippen LogP contribution in [-0.2, 0) is 9.59 Å². The number of hydrogen-bond donors (Lipinski definition) is 2. The van der Waals surface area contributed by atoms with Crippen molar-refractivity contribution in [1.82, 2.24) is 10.2 Å². The summed E-state index contributed by atoms with van der Waals surface area (Å²) in [4.78, 5) is 25.4. The van der Waals surface area contributed by atoms with Crippen molar-refractivity contribution in [1.29, 1.82) is 0 Å². The fourth-order valence-electron chi connectivity index (χ4n) is 4.13. The highest BCUT2D eigenvalue weighted by Gasteiger charge is 2.46. The van der Waals surface area contributed by atoms with Gasteiger partial charge in [0.25, 0.3) is 0 Å². The van der Waals surface area contributed by atoms with Crippen molar-refractivity contribution >= 4 is 11.9 Å². The molecule has 27 heavy (non-hydrogen) atoms. The van der Waals surface area contributed by atoms with E-state index in [0.717, 1.165) is 36.3 Å². The van der Waals surface area contributed by atoms with Crippen molar-refractivity contribution in [2.24, 2.45) is 5.92 Å².